The summed E-state index contributed by atoms with van der Waals surface area (Å²) < 4.78 is 16.8. The third kappa shape index (κ3) is 6.23. The molecule has 0 aromatic heterocycles. The lowest BCUT2D eigenvalue weighted by Gasteiger charge is -2.09. The summed E-state index contributed by atoms with van der Waals surface area (Å²) in [5.41, 5.74) is 1.33. The molecule has 0 N–H and O–H groups in total. The minimum absolute atomic E-state index is 0.682. The lowest BCUT2D eigenvalue weighted by atomic mass is 10.2. The summed E-state index contributed by atoms with van der Waals surface area (Å²) in [7, 11) is 0. The molecular weight excluding hydrogens is 288 g/mol. The average Bonchev–Trinajstić information content (AvgIpc) is 2.60. The minimum atomic E-state index is 0.682. The van der Waals surface area contributed by atoms with E-state index >= 15 is 0 Å². The van der Waals surface area contributed by atoms with Crippen LogP contribution in [0.1, 0.15) is 32.3 Å². The molecule has 3 heteroatoms. The number of hydrogen-bond acceptors (Lipinski definition) is 3. The van der Waals surface area contributed by atoms with Gasteiger partial charge < -0.3 is 14.2 Å². The monoisotopic (exact) mass is 314 g/mol. The lowest BCUT2D eigenvalue weighted by Crippen LogP contribution is -2.02. The first-order valence-corrected chi connectivity index (χ1v) is 8.39. The zero-order valence-corrected chi connectivity index (χ0v) is 14.1. The molecule has 0 aliphatic rings. The van der Waals surface area contributed by atoms with E-state index in [1.165, 1.54) is 5.56 Å². The topological polar surface area (TPSA) is 27.7 Å². The van der Waals surface area contributed by atoms with E-state index < -0.39 is 0 Å². The zero-order valence-electron chi connectivity index (χ0n) is 14.1. The molecule has 0 saturated heterocycles. The predicted molar refractivity (Wildman–Crippen MR) is 93.7 cm³/mol. The normalized spacial score (nSPS) is 10.3. The zero-order chi connectivity index (χ0) is 16.3. The van der Waals surface area contributed by atoms with Crippen molar-refractivity contribution >= 4 is 0 Å². The van der Waals surface area contributed by atoms with Gasteiger partial charge in [0.15, 0.2) is 0 Å². The standard InChI is InChI=1S/C20H26O3/c1-3-17-7-9-19(10-8-17)22-15-5-6-16-23-20-13-11-18(12-14-20)21-4-2/h7-14H,3-6,15-16H2,1-2H3. The van der Waals surface area contributed by atoms with Gasteiger partial charge in [-0.15, -0.1) is 0 Å². The second-order valence-corrected chi connectivity index (χ2v) is 5.31. The molecule has 0 unspecified atom stereocenters. The van der Waals surface area contributed by atoms with Crippen LogP contribution < -0.4 is 14.2 Å². The van der Waals surface area contributed by atoms with E-state index in [9.17, 15) is 0 Å². The third-order valence-electron chi connectivity index (χ3n) is 3.54. The first-order valence-electron chi connectivity index (χ1n) is 8.39. The number of rotatable bonds is 10. The minimum Gasteiger partial charge on any atom is -0.494 e. The van der Waals surface area contributed by atoms with Crippen molar-refractivity contribution in [2.45, 2.75) is 33.1 Å². The average molecular weight is 314 g/mol. The largest absolute Gasteiger partial charge is 0.494 e. The highest BCUT2D eigenvalue weighted by molar-refractivity contribution is 5.31. The van der Waals surface area contributed by atoms with Gasteiger partial charge in [-0.05, 0) is 68.1 Å². The highest BCUT2D eigenvalue weighted by Gasteiger charge is 1.97. The fraction of sp³-hybridized carbons (Fsp3) is 0.400. The number of hydrogen-bond donors (Lipinski definition) is 0. The molecule has 0 aliphatic heterocycles. The van der Waals surface area contributed by atoms with E-state index in [0.717, 1.165) is 43.1 Å². The first-order chi connectivity index (χ1) is 11.3. The maximum absolute atomic E-state index is 5.73. The number of benzene rings is 2. The van der Waals surface area contributed by atoms with Gasteiger partial charge in [-0.3, -0.25) is 0 Å². The predicted octanol–water partition coefficient (Wildman–Crippen LogP) is 4.89. The molecule has 0 atom stereocenters. The molecule has 0 heterocycles. The van der Waals surface area contributed by atoms with Crippen molar-refractivity contribution in [2.75, 3.05) is 19.8 Å². The highest BCUT2D eigenvalue weighted by atomic mass is 16.5. The molecule has 0 amide bonds. The van der Waals surface area contributed by atoms with Crippen molar-refractivity contribution in [1.82, 2.24) is 0 Å². The molecular formula is C20H26O3. The van der Waals surface area contributed by atoms with Crippen LogP contribution in [0.3, 0.4) is 0 Å². The van der Waals surface area contributed by atoms with E-state index in [1.807, 2.05) is 43.3 Å². The van der Waals surface area contributed by atoms with Gasteiger partial charge >= 0.3 is 0 Å². The van der Waals surface area contributed by atoms with Crippen LogP contribution in [0, 0.1) is 0 Å². The van der Waals surface area contributed by atoms with Crippen molar-refractivity contribution in [3.05, 3.63) is 54.1 Å². The van der Waals surface area contributed by atoms with E-state index in [2.05, 4.69) is 19.1 Å². The van der Waals surface area contributed by atoms with Crippen LogP contribution in [-0.4, -0.2) is 19.8 Å². The summed E-state index contributed by atoms with van der Waals surface area (Å²) in [5, 5.41) is 0. The molecule has 0 aliphatic carbocycles. The Bertz CT molecular complexity index is 546. The third-order valence-corrected chi connectivity index (χ3v) is 3.54. The van der Waals surface area contributed by atoms with Gasteiger partial charge in [-0.2, -0.15) is 0 Å². The summed E-state index contributed by atoms with van der Waals surface area (Å²) in [6.45, 7) is 6.23. The molecule has 0 bridgehead atoms. The summed E-state index contributed by atoms with van der Waals surface area (Å²) >= 11 is 0. The Labute approximate surface area is 139 Å². The van der Waals surface area contributed by atoms with E-state index in [4.69, 9.17) is 14.2 Å². The highest BCUT2D eigenvalue weighted by Crippen LogP contribution is 2.18. The number of unbranched alkanes of at least 4 members (excludes halogenated alkanes) is 1. The molecule has 124 valence electrons. The van der Waals surface area contributed by atoms with Crippen LogP contribution in [-0.2, 0) is 6.42 Å². The van der Waals surface area contributed by atoms with Crippen molar-refractivity contribution in [3.8, 4) is 17.2 Å². The van der Waals surface area contributed by atoms with Gasteiger partial charge in [0.1, 0.15) is 17.2 Å². The Hall–Kier alpha value is -2.16. The van der Waals surface area contributed by atoms with Gasteiger partial charge in [0.25, 0.3) is 0 Å². The molecule has 3 nitrogen and oxygen atoms in total. The molecule has 2 rings (SSSR count). The first kappa shape index (κ1) is 17.2. The Morgan fingerprint density at radius 1 is 0.609 bits per heavy atom. The Balaban J connectivity index is 1.58. The van der Waals surface area contributed by atoms with Gasteiger partial charge in [0, 0.05) is 0 Å². The Morgan fingerprint density at radius 2 is 1.04 bits per heavy atom. The van der Waals surface area contributed by atoms with Crippen LogP contribution >= 0.6 is 0 Å². The molecule has 0 fully saturated rings. The maximum Gasteiger partial charge on any atom is 0.119 e. The molecule has 2 aromatic carbocycles. The van der Waals surface area contributed by atoms with E-state index in [-0.39, 0.29) is 0 Å². The summed E-state index contributed by atoms with van der Waals surface area (Å²) in [6, 6.07) is 16.1. The molecule has 23 heavy (non-hydrogen) atoms. The van der Waals surface area contributed by atoms with Gasteiger partial charge in [0.2, 0.25) is 0 Å². The summed E-state index contributed by atoms with van der Waals surface area (Å²) in [4.78, 5) is 0. The number of ether oxygens (including phenoxy) is 3. The van der Waals surface area contributed by atoms with Crippen LogP contribution in [0.4, 0.5) is 0 Å². The summed E-state index contributed by atoms with van der Waals surface area (Å²) in [6.07, 6.45) is 3.01. The number of aryl methyl sites for hydroxylation is 1. The van der Waals surface area contributed by atoms with Crippen LogP contribution in [0.5, 0.6) is 17.2 Å². The smallest absolute Gasteiger partial charge is 0.119 e. The van der Waals surface area contributed by atoms with Crippen molar-refractivity contribution < 1.29 is 14.2 Å². The quantitative estimate of drug-likeness (QED) is 0.585. The van der Waals surface area contributed by atoms with E-state index in [1.54, 1.807) is 0 Å². The second kappa shape index (κ2) is 9.78. The van der Waals surface area contributed by atoms with Gasteiger partial charge in [-0.25, -0.2) is 0 Å². The maximum atomic E-state index is 5.73. The van der Waals surface area contributed by atoms with Gasteiger partial charge in [0.05, 0.1) is 19.8 Å². The van der Waals surface area contributed by atoms with Crippen LogP contribution in [0.25, 0.3) is 0 Å². The molecule has 0 spiro atoms. The Kier molecular flexibility index (Phi) is 7.31. The van der Waals surface area contributed by atoms with Gasteiger partial charge in [-0.1, -0.05) is 19.1 Å². The van der Waals surface area contributed by atoms with Crippen molar-refractivity contribution in [2.24, 2.45) is 0 Å². The Morgan fingerprint density at radius 3 is 1.48 bits per heavy atom. The SMILES string of the molecule is CCOc1ccc(OCCCCOc2ccc(CC)cc2)cc1. The molecule has 2 aromatic rings. The molecule has 0 radical (unpaired) electrons. The van der Waals surface area contributed by atoms with Crippen molar-refractivity contribution in [3.63, 3.8) is 0 Å². The lowest BCUT2D eigenvalue weighted by molar-refractivity contribution is 0.266. The van der Waals surface area contributed by atoms with E-state index in [0.29, 0.717) is 13.2 Å². The summed E-state index contributed by atoms with van der Waals surface area (Å²) in [5.74, 6) is 2.70. The van der Waals surface area contributed by atoms with Crippen LogP contribution in [0.15, 0.2) is 48.5 Å². The van der Waals surface area contributed by atoms with Crippen molar-refractivity contribution in [1.29, 1.82) is 0 Å². The fourth-order valence-electron chi connectivity index (χ4n) is 2.20. The fourth-order valence-corrected chi connectivity index (χ4v) is 2.20. The van der Waals surface area contributed by atoms with Crippen LogP contribution in [0.2, 0.25) is 0 Å². The second-order valence-electron chi connectivity index (χ2n) is 5.31. The molecule has 0 saturated carbocycles.